The van der Waals surface area contributed by atoms with Gasteiger partial charge in [-0.25, -0.2) is 12.8 Å². The van der Waals surface area contributed by atoms with Crippen LogP contribution in [0.4, 0.5) is 10.1 Å². The maximum absolute atomic E-state index is 14.5. The summed E-state index contributed by atoms with van der Waals surface area (Å²) in [5, 5.41) is 2.67. The van der Waals surface area contributed by atoms with Crippen LogP contribution in [0.15, 0.2) is 77.7 Å². The summed E-state index contributed by atoms with van der Waals surface area (Å²) in [7, 11) is -4.21. The first kappa shape index (κ1) is 29.6. The molecular formula is C29H34FN3O5S. The molecule has 3 aromatic rings. The number of ether oxygens (including phenoxy) is 1. The second kappa shape index (κ2) is 13.2. The van der Waals surface area contributed by atoms with Crippen LogP contribution in [0.3, 0.4) is 0 Å². The Hall–Kier alpha value is -3.92. The number of hydrogen-bond acceptors (Lipinski definition) is 5. The van der Waals surface area contributed by atoms with Crippen LogP contribution < -0.4 is 14.4 Å². The van der Waals surface area contributed by atoms with Crippen LogP contribution in [0, 0.1) is 12.7 Å². The first-order valence-corrected chi connectivity index (χ1v) is 14.1. The molecule has 10 heteroatoms. The van der Waals surface area contributed by atoms with Crippen LogP contribution in [-0.4, -0.2) is 50.9 Å². The molecule has 0 aromatic heterocycles. The largest absolute Gasteiger partial charge is 0.494 e. The van der Waals surface area contributed by atoms with E-state index in [4.69, 9.17) is 4.74 Å². The maximum Gasteiger partial charge on any atom is 0.264 e. The number of halogens is 1. The minimum absolute atomic E-state index is 0.0308. The summed E-state index contributed by atoms with van der Waals surface area (Å²) in [4.78, 5) is 27.7. The molecule has 0 aliphatic heterocycles. The van der Waals surface area contributed by atoms with E-state index in [2.05, 4.69) is 5.32 Å². The number of nitrogens with one attached hydrogen (secondary N) is 1. The Morgan fingerprint density at radius 3 is 2.21 bits per heavy atom. The normalized spacial score (nSPS) is 11.9. The van der Waals surface area contributed by atoms with Crippen LogP contribution in [0.25, 0.3) is 0 Å². The number of amides is 2. The number of likely N-dealkylation sites (N-methyl/N-ethyl adjacent to an activating group) is 1. The van der Waals surface area contributed by atoms with Gasteiger partial charge in [0.15, 0.2) is 0 Å². The summed E-state index contributed by atoms with van der Waals surface area (Å²) in [5.41, 5.74) is 1.40. The fraction of sp³-hybridized carbons (Fsp3) is 0.310. The van der Waals surface area contributed by atoms with Crippen LogP contribution in [0.1, 0.15) is 31.9 Å². The first-order valence-electron chi connectivity index (χ1n) is 12.7. The van der Waals surface area contributed by atoms with Gasteiger partial charge in [-0.15, -0.1) is 0 Å². The highest BCUT2D eigenvalue weighted by Crippen LogP contribution is 2.26. The third-order valence-electron chi connectivity index (χ3n) is 6.14. The molecule has 0 aliphatic carbocycles. The fourth-order valence-corrected chi connectivity index (χ4v) is 5.37. The Morgan fingerprint density at radius 2 is 1.62 bits per heavy atom. The highest BCUT2D eigenvalue weighted by Gasteiger charge is 2.32. The zero-order chi connectivity index (χ0) is 28.6. The third-order valence-corrected chi connectivity index (χ3v) is 7.93. The van der Waals surface area contributed by atoms with Crippen molar-refractivity contribution in [3.8, 4) is 5.75 Å². The summed E-state index contributed by atoms with van der Waals surface area (Å²) in [6, 6.07) is 17.6. The monoisotopic (exact) mass is 555 g/mol. The van der Waals surface area contributed by atoms with Crippen molar-refractivity contribution >= 4 is 27.5 Å². The van der Waals surface area contributed by atoms with E-state index in [-0.39, 0.29) is 22.7 Å². The lowest BCUT2D eigenvalue weighted by molar-refractivity contribution is -0.139. The molecule has 0 saturated heterocycles. The number of carbonyl (C=O) groups excluding carboxylic acids is 2. The van der Waals surface area contributed by atoms with Gasteiger partial charge in [-0.2, -0.15) is 0 Å². The number of aryl methyl sites for hydroxylation is 1. The summed E-state index contributed by atoms with van der Waals surface area (Å²) >= 11 is 0. The number of sulfonamides is 1. The predicted octanol–water partition coefficient (Wildman–Crippen LogP) is 4.28. The van der Waals surface area contributed by atoms with Crippen molar-refractivity contribution in [1.29, 1.82) is 0 Å². The van der Waals surface area contributed by atoms with Gasteiger partial charge in [-0.05, 0) is 70.2 Å². The van der Waals surface area contributed by atoms with Gasteiger partial charge < -0.3 is 15.0 Å². The summed E-state index contributed by atoms with van der Waals surface area (Å²) in [5.74, 6) is -1.11. The van der Waals surface area contributed by atoms with E-state index < -0.39 is 40.2 Å². The van der Waals surface area contributed by atoms with Crippen LogP contribution in [0.2, 0.25) is 0 Å². The SMILES string of the molecule is CCNC(=O)C(C)N(Cc1ccccc1F)C(=O)CN(c1ccc(C)cc1)S(=O)(=O)c1ccc(OCC)cc1. The molecule has 3 rings (SSSR count). The molecule has 1 atom stereocenters. The number of benzene rings is 3. The highest BCUT2D eigenvalue weighted by atomic mass is 32.2. The Bertz CT molecular complexity index is 1380. The first-order chi connectivity index (χ1) is 18.6. The molecule has 208 valence electrons. The zero-order valence-electron chi connectivity index (χ0n) is 22.6. The van der Waals surface area contributed by atoms with E-state index in [0.717, 1.165) is 9.87 Å². The number of anilines is 1. The van der Waals surface area contributed by atoms with Crippen LogP contribution in [-0.2, 0) is 26.2 Å². The van der Waals surface area contributed by atoms with Crippen molar-refractivity contribution in [2.75, 3.05) is 24.0 Å². The molecule has 1 unspecified atom stereocenters. The van der Waals surface area contributed by atoms with E-state index >= 15 is 0 Å². The minimum atomic E-state index is -4.21. The summed E-state index contributed by atoms with van der Waals surface area (Å²) < 4.78 is 48.6. The number of nitrogens with zero attached hydrogens (tertiary/aromatic N) is 2. The number of hydrogen-bond donors (Lipinski definition) is 1. The van der Waals surface area contributed by atoms with Gasteiger partial charge in [-0.3, -0.25) is 13.9 Å². The smallest absolute Gasteiger partial charge is 0.264 e. The Labute approximate surface area is 229 Å². The summed E-state index contributed by atoms with van der Waals surface area (Å²) in [6.45, 7) is 6.92. The van der Waals surface area contributed by atoms with Gasteiger partial charge in [0.2, 0.25) is 11.8 Å². The second-order valence-electron chi connectivity index (χ2n) is 8.94. The quantitative estimate of drug-likeness (QED) is 0.360. The molecule has 2 amide bonds. The highest BCUT2D eigenvalue weighted by molar-refractivity contribution is 7.92. The predicted molar refractivity (Wildman–Crippen MR) is 148 cm³/mol. The molecule has 3 aromatic carbocycles. The molecule has 1 N–H and O–H groups in total. The van der Waals surface area contributed by atoms with Crippen LogP contribution >= 0.6 is 0 Å². The molecule has 0 spiro atoms. The lowest BCUT2D eigenvalue weighted by Crippen LogP contribution is -2.51. The van der Waals surface area contributed by atoms with E-state index in [1.807, 2.05) is 13.8 Å². The number of carbonyl (C=O) groups is 2. The van der Waals surface area contributed by atoms with Gasteiger partial charge in [0, 0.05) is 18.7 Å². The lowest BCUT2D eigenvalue weighted by Gasteiger charge is -2.32. The molecular weight excluding hydrogens is 521 g/mol. The van der Waals surface area contributed by atoms with Gasteiger partial charge in [-0.1, -0.05) is 35.9 Å². The average Bonchev–Trinajstić information content (AvgIpc) is 2.92. The van der Waals surface area contributed by atoms with E-state index in [9.17, 15) is 22.4 Å². The van der Waals surface area contributed by atoms with E-state index in [1.54, 1.807) is 49.4 Å². The van der Waals surface area contributed by atoms with Gasteiger partial charge in [0.25, 0.3) is 10.0 Å². The topological polar surface area (TPSA) is 96.0 Å². The van der Waals surface area contributed by atoms with Crippen LogP contribution in [0.5, 0.6) is 5.75 Å². The molecule has 39 heavy (non-hydrogen) atoms. The van der Waals surface area contributed by atoms with Gasteiger partial charge in [0.1, 0.15) is 24.2 Å². The second-order valence-corrected chi connectivity index (χ2v) is 10.8. The number of rotatable bonds is 12. The minimum Gasteiger partial charge on any atom is -0.494 e. The molecule has 0 bridgehead atoms. The molecule has 8 nitrogen and oxygen atoms in total. The van der Waals surface area contributed by atoms with Gasteiger partial charge in [0.05, 0.1) is 17.2 Å². The Balaban J connectivity index is 2.02. The van der Waals surface area contributed by atoms with Gasteiger partial charge >= 0.3 is 0 Å². The molecule has 0 saturated carbocycles. The summed E-state index contributed by atoms with van der Waals surface area (Å²) in [6.07, 6.45) is 0. The Morgan fingerprint density at radius 1 is 0.974 bits per heavy atom. The van der Waals surface area contributed by atoms with Crippen molar-refractivity contribution in [3.63, 3.8) is 0 Å². The van der Waals surface area contributed by atoms with Crippen molar-refractivity contribution in [3.05, 3.63) is 89.7 Å². The lowest BCUT2D eigenvalue weighted by atomic mass is 10.1. The molecule has 0 radical (unpaired) electrons. The van der Waals surface area contributed by atoms with Crippen molar-refractivity contribution in [1.82, 2.24) is 10.2 Å². The average molecular weight is 556 g/mol. The molecule has 0 aliphatic rings. The maximum atomic E-state index is 14.5. The Kier molecular flexibility index (Phi) is 10.1. The van der Waals surface area contributed by atoms with E-state index in [1.165, 1.54) is 42.2 Å². The molecule has 0 fully saturated rings. The van der Waals surface area contributed by atoms with Crippen molar-refractivity contribution in [2.45, 2.75) is 45.2 Å². The van der Waals surface area contributed by atoms with Crippen molar-refractivity contribution in [2.24, 2.45) is 0 Å². The third kappa shape index (κ3) is 7.35. The van der Waals surface area contributed by atoms with E-state index in [0.29, 0.717) is 18.9 Å². The molecule has 0 heterocycles. The zero-order valence-corrected chi connectivity index (χ0v) is 23.4. The standard InChI is InChI=1S/C29H34FN3O5S/c1-5-31-29(35)22(4)32(19-23-9-7-8-10-27(23)30)28(34)20-33(24-13-11-21(3)12-14-24)39(36,37)26-17-15-25(16-18-26)38-6-2/h7-18,22H,5-6,19-20H2,1-4H3,(H,31,35). The van der Waals surface area contributed by atoms with Crippen molar-refractivity contribution < 1.29 is 27.1 Å². The fourth-order valence-electron chi connectivity index (χ4n) is 3.96.